The highest BCUT2D eigenvalue weighted by atomic mass is 16.5. The van der Waals surface area contributed by atoms with Crippen LogP contribution in [-0.4, -0.2) is 41.1 Å². The fraction of sp³-hybridized carbons (Fsp3) is 0.391. The quantitative estimate of drug-likeness (QED) is 0.724. The summed E-state index contributed by atoms with van der Waals surface area (Å²) in [7, 11) is 0. The zero-order valence-electron chi connectivity index (χ0n) is 16.6. The Balaban J connectivity index is 1.21. The third kappa shape index (κ3) is 4.12. The molecule has 0 aliphatic carbocycles. The molecular weight excluding hydrogens is 362 g/mol. The van der Waals surface area contributed by atoms with Crippen LogP contribution in [0.3, 0.4) is 0 Å². The first-order valence-electron chi connectivity index (χ1n) is 10.5. The molecule has 6 nitrogen and oxygen atoms in total. The first kappa shape index (κ1) is 18.2. The van der Waals surface area contributed by atoms with Crippen LogP contribution in [0, 0.1) is 0 Å². The number of aryl methyl sites for hydroxylation is 1. The molecule has 0 saturated carbocycles. The van der Waals surface area contributed by atoms with Gasteiger partial charge in [0.25, 0.3) is 0 Å². The number of nitrogens with one attached hydrogen (secondary N) is 1. The predicted molar refractivity (Wildman–Crippen MR) is 114 cm³/mol. The van der Waals surface area contributed by atoms with Crippen LogP contribution in [0.2, 0.25) is 0 Å². The molecule has 29 heavy (non-hydrogen) atoms. The number of ether oxygens (including phenoxy) is 1. The number of hydrogen-bond acceptors (Lipinski definition) is 5. The highest BCUT2D eigenvalue weighted by Crippen LogP contribution is 2.29. The van der Waals surface area contributed by atoms with Crippen molar-refractivity contribution in [2.24, 2.45) is 0 Å². The summed E-state index contributed by atoms with van der Waals surface area (Å²) in [6.07, 6.45) is 3.98. The Hall–Kier alpha value is -2.86. The first-order valence-corrected chi connectivity index (χ1v) is 10.5. The fourth-order valence-electron chi connectivity index (χ4n) is 4.28. The summed E-state index contributed by atoms with van der Waals surface area (Å²) in [5, 5.41) is 11.8. The monoisotopic (exact) mass is 389 g/mol. The Bertz CT molecular complexity index is 946. The smallest absolute Gasteiger partial charge is 0.132 e. The third-order valence-electron chi connectivity index (χ3n) is 6.00. The second-order valence-corrected chi connectivity index (χ2v) is 7.88. The predicted octanol–water partition coefficient (Wildman–Crippen LogP) is 3.46. The largest absolute Gasteiger partial charge is 0.381 e. The molecule has 1 saturated heterocycles. The van der Waals surface area contributed by atoms with Gasteiger partial charge in [0.05, 0.1) is 13.2 Å². The van der Waals surface area contributed by atoms with E-state index in [1.807, 2.05) is 6.33 Å². The van der Waals surface area contributed by atoms with Crippen LogP contribution in [0.25, 0.3) is 0 Å². The van der Waals surface area contributed by atoms with E-state index in [0.29, 0.717) is 5.92 Å². The van der Waals surface area contributed by atoms with Crippen LogP contribution in [0.15, 0.2) is 54.9 Å². The molecule has 2 aliphatic rings. The van der Waals surface area contributed by atoms with Crippen molar-refractivity contribution in [2.75, 3.05) is 36.5 Å². The van der Waals surface area contributed by atoms with E-state index in [9.17, 15) is 0 Å². The number of hydrogen-bond donors (Lipinski definition) is 1. The third-order valence-corrected chi connectivity index (χ3v) is 6.00. The summed E-state index contributed by atoms with van der Waals surface area (Å²) in [6, 6.07) is 17.7. The molecule has 0 unspecified atom stereocenters. The van der Waals surface area contributed by atoms with Gasteiger partial charge in [-0.15, -0.1) is 10.2 Å². The second kappa shape index (κ2) is 8.25. The van der Waals surface area contributed by atoms with Crippen molar-refractivity contribution in [3.05, 3.63) is 71.8 Å². The number of benzene rings is 2. The molecule has 2 aliphatic heterocycles. The molecule has 5 rings (SSSR count). The van der Waals surface area contributed by atoms with Gasteiger partial charge in [-0.1, -0.05) is 24.3 Å². The Morgan fingerprint density at radius 3 is 2.79 bits per heavy atom. The molecule has 2 aromatic carbocycles. The molecule has 0 spiro atoms. The molecule has 3 aromatic rings. The highest BCUT2D eigenvalue weighted by Gasteiger charge is 2.21. The van der Waals surface area contributed by atoms with Crippen LogP contribution in [0.4, 0.5) is 11.4 Å². The molecule has 1 aromatic heterocycles. The Kier molecular flexibility index (Phi) is 5.17. The molecule has 0 amide bonds. The summed E-state index contributed by atoms with van der Waals surface area (Å²) < 4.78 is 7.62. The summed E-state index contributed by atoms with van der Waals surface area (Å²) in [4.78, 5) is 2.38. The van der Waals surface area contributed by atoms with Crippen LogP contribution >= 0.6 is 0 Å². The normalized spacial score (nSPS) is 19.0. The Labute approximate surface area is 171 Å². The van der Waals surface area contributed by atoms with Gasteiger partial charge in [-0.05, 0) is 41.8 Å². The standard InChI is InChI=1S/C23H27N5O/c1-2-19(20-6-9-23-26-25-17-28(23)16-20)14-21(3-1)24-15-18-4-7-22(8-5-18)27-10-12-29-13-11-27/h1-5,7-8,14,17,20,24H,6,9-13,15-16H2/t20-/m0/s1. The number of nitrogens with zero attached hydrogens (tertiary/aromatic N) is 4. The molecule has 1 atom stereocenters. The molecular formula is C23H27N5O. The van der Waals surface area contributed by atoms with Gasteiger partial charge in [-0.2, -0.15) is 0 Å². The Morgan fingerprint density at radius 2 is 1.93 bits per heavy atom. The minimum absolute atomic E-state index is 0.521. The molecule has 1 N–H and O–H groups in total. The van der Waals surface area contributed by atoms with E-state index in [1.165, 1.54) is 22.5 Å². The lowest BCUT2D eigenvalue weighted by Crippen LogP contribution is -2.36. The van der Waals surface area contributed by atoms with Crippen molar-refractivity contribution in [3.8, 4) is 0 Å². The molecule has 0 radical (unpaired) electrons. The Morgan fingerprint density at radius 1 is 1.07 bits per heavy atom. The summed E-state index contributed by atoms with van der Waals surface area (Å²) in [6.45, 7) is 5.38. The van der Waals surface area contributed by atoms with Gasteiger partial charge in [0.2, 0.25) is 0 Å². The van der Waals surface area contributed by atoms with E-state index in [-0.39, 0.29) is 0 Å². The minimum Gasteiger partial charge on any atom is -0.381 e. The molecule has 1 fully saturated rings. The van der Waals surface area contributed by atoms with Gasteiger partial charge >= 0.3 is 0 Å². The van der Waals surface area contributed by atoms with Crippen molar-refractivity contribution in [1.29, 1.82) is 0 Å². The van der Waals surface area contributed by atoms with Gasteiger partial charge in [-0.3, -0.25) is 0 Å². The van der Waals surface area contributed by atoms with E-state index < -0.39 is 0 Å². The SMILES string of the molecule is c1cc(NCc2ccc(N3CCOCC3)cc2)cc([C@H]2CCc3nncn3C2)c1. The second-order valence-electron chi connectivity index (χ2n) is 7.88. The van der Waals surface area contributed by atoms with E-state index in [4.69, 9.17) is 4.74 Å². The molecule has 3 heterocycles. The van der Waals surface area contributed by atoms with E-state index in [2.05, 4.69) is 73.5 Å². The minimum atomic E-state index is 0.521. The lowest BCUT2D eigenvalue weighted by atomic mass is 9.91. The average molecular weight is 390 g/mol. The summed E-state index contributed by atoms with van der Waals surface area (Å²) in [5.41, 5.74) is 5.13. The maximum absolute atomic E-state index is 5.44. The fourth-order valence-corrected chi connectivity index (χ4v) is 4.28. The van der Waals surface area contributed by atoms with Gasteiger partial charge in [0.1, 0.15) is 12.2 Å². The van der Waals surface area contributed by atoms with Gasteiger partial charge in [0, 0.05) is 49.9 Å². The van der Waals surface area contributed by atoms with Crippen molar-refractivity contribution >= 4 is 11.4 Å². The van der Waals surface area contributed by atoms with Crippen LogP contribution < -0.4 is 10.2 Å². The number of aromatic nitrogens is 3. The maximum atomic E-state index is 5.44. The summed E-state index contributed by atoms with van der Waals surface area (Å²) >= 11 is 0. The van der Waals surface area contributed by atoms with Gasteiger partial charge < -0.3 is 19.5 Å². The van der Waals surface area contributed by atoms with E-state index >= 15 is 0 Å². The first-order chi connectivity index (χ1) is 14.3. The van der Waals surface area contributed by atoms with Crippen molar-refractivity contribution in [1.82, 2.24) is 14.8 Å². The zero-order valence-corrected chi connectivity index (χ0v) is 16.6. The lowest BCUT2D eigenvalue weighted by molar-refractivity contribution is 0.122. The lowest BCUT2D eigenvalue weighted by Gasteiger charge is -2.29. The van der Waals surface area contributed by atoms with Crippen molar-refractivity contribution in [3.63, 3.8) is 0 Å². The summed E-state index contributed by atoms with van der Waals surface area (Å²) in [5.74, 6) is 1.63. The number of morpholine rings is 1. The van der Waals surface area contributed by atoms with Crippen LogP contribution in [0.1, 0.15) is 29.3 Å². The number of anilines is 2. The maximum Gasteiger partial charge on any atom is 0.132 e. The number of fused-ring (bicyclic) bond motifs is 1. The molecule has 0 bridgehead atoms. The molecule has 6 heteroatoms. The zero-order chi connectivity index (χ0) is 19.5. The molecule has 150 valence electrons. The van der Waals surface area contributed by atoms with Crippen LogP contribution in [-0.2, 0) is 24.2 Å². The van der Waals surface area contributed by atoms with Gasteiger partial charge in [0.15, 0.2) is 0 Å². The average Bonchev–Trinajstić information content (AvgIpc) is 3.27. The van der Waals surface area contributed by atoms with Gasteiger partial charge in [-0.25, -0.2) is 0 Å². The topological polar surface area (TPSA) is 55.2 Å². The number of rotatable bonds is 5. The van der Waals surface area contributed by atoms with E-state index in [0.717, 1.165) is 58.1 Å². The van der Waals surface area contributed by atoms with Crippen LogP contribution in [0.5, 0.6) is 0 Å². The van der Waals surface area contributed by atoms with Crippen molar-refractivity contribution < 1.29 is 4.74 Å². The van der Waals surface area contributed by atoms with E-state index in [1.54, 1.807) is 0 Å². The highest BCUT2D eigenvalue weighted by molar-refractivity contribution is 5.50. The van der Waals surface area contributed by atoms with Crippen molar-refractivity contribution in [2.45, 2.75) is 31.8 Å².